The fourth-order valence-corrected chi connectivity index (χ4v) is 3.05. The number of halogens is 2. The first-order valence-electron chi connectivity index (χ1n) is 7.24. The van der Waals surface area contributed by atoms with E-state index in [0.29, 0.717) is 21.4 Å². The molecule has 1 aliphatic rings. The Hall–Kier alpha value is -1.97. The molecule has 118 valence electrons. The molecular formula is C18H15Cl2NO2. The molecule has 3 rings (SSSR count). The highest BCUT2D eigenvalue weighted by molar-refractivity contribution is 6.38. The van der Waals surface area contributed by atoms with Gasteiger partial charge in [-0.25, -0.2) is 0 Å². The van der Waals surface area contributed by atoms with Crippen molar-refractivity contribution in [3.8, 4) is 5.75 Å². The number of carbonyl (C=O) groups is 1. The molecule has 0 radical (unpaired) electrons. The van der Waals surface area contributed by atoms with E-state index < -0.39 is 0 Å². The summed E-state index contributed by atoms with van der Waals surface area (Å²) >= 11 is 12.5. The molecule has 0 saturated heterocycles. The summed E-state index contributed by atoms with van der Waals surface area (Å²) in [6.07, 6.45) is 1.75. The van der Waals surface area contributed by atoms with Gasteiger partial charge in [-0.05, 0) is 43.7 Å². The monoisotopic (exact) mass is 347 g/mol. The molecule has 23 heavy (non-hydrogen) atoms. The van der Waals surface area contributed by atoms with Crippen LogP contribution in [-0.2, 0) is 4.79 Å². The normalized spacial score (nSPS) is 15.0. The van der Waals surface area contributed by atoms with Crippen LogP contribution in [0.1, 0.15) is 25.0 Å². The number of hydrogen-bond acceptors (Lipinski definition) is 2. The Morgan fingerprint density at radius 3 is 2.43 bits per heavy atom. The van der Waals surface area contributed by atoms with Crippen LogP contribution in [0, 0.1) is 0 Å². The first kappa shape index (κ1) is 15.9. The van der Waals surface area contributed by atoms with E-state index >= 15 is 0 Å². The van der Waals surface area contributed by atoms with Gasteiger partial charge in [0.05, 0.1) is 16.1 Å². The predicted octanol–water partition coefficient (Wildman–Crippen LogP) is 5.27. The van der Waals surface area contributed by atoms with Crippen molar-refractivity contribution in [1.29, 1.82) is 0 Å². The average Bonchev–Trinajstić information content (AvgIpc) is 2.79. The van der Waals surface area contributed by atoms with Gasteiger partial charge < -0.3 is 10.1 Å². The van der Waals surface area contributed by atoms with Crippen LogP contribution < -0.4 is 10.1 Å². The van der Waals surface area contributed by atoms with Gasteiger partial charge in [-0.3, -0.25) is 4.79 Å². The van der Waals surface area contributed by atoms with Crippen molar-refractivity contribution in [2.24, 2.45) is 0 Å². The summed E-state index contributed by atoms with van der Waals surface area (Å²) < 4.78 is 5.61. The van der Waals surface area contributed by atoms with Gasteiger partial charge in [0.1, 0.15) is 0 Å². The lowest BCUT2D eigenvalue weighted by Gasteiger charge is -2.13. The minimum absolute atomic E-state index is 0.0262. The SMILES string of the molecule is CC(C)Oc1c(Cl)cc(C=C2C(=O)Nc3ccccc32)cc1Cl. The van der Waals surface area contributed by atoms with E-state index in [1.165, 1.54) is 0 Å². The zero-order valence-electron chi connectivity index (χ0n) is 12.7. The molecule has 0 saturated carbocycles. The average molecular weight is 348 g/mol. The number of amides is 1. The molecule has 0 fully saturated rings. The maximum absolute atomic E-state index is 12.1. The van der Waals surface area contributed by atoms with Gasteiger partial charge in [0.25, 0.3) is 5.91 Å². The van der Waals surface area contributed by atoms with Gasteiger partial charge in [-0.2, -0.15) is 0 Å². The predicted molar refractivity (Wildman–Crippen MR) is 95.2 cm³/mol. The number of para-hydroxylation sites is 1. The molecule has 0 bridgehead atoms. The first-order valence-corrected chi connectivity index (χ1v) is 7.99. The zero-order chi connectivity index (χ0) is 16.6. The van der Waals surface area contributed by atoms with E-state index in [4.69, 9.17) is 27.9 Å². The van der Waals surface area contributed by atoms with Crippen LogP contribution in [0.5, 0.6) is 5.75 Å². The number of rotatable bonds is 3. The maximum Gasteiger partial charge on any atom is 0.256 e. The highest BCUT2D eigenvalue weighted by Crippen LogP contribution is 2.37. The number of ether oxygens (including phenoxy) is 1. The lowest BCUT2D eigenvalue weighted by Crippen LogP contribution is -2.06. The third kappa shape index (κ3) is 3.21. The molecular weight excluding hydrogens is 333 g/mol. The Labute approximate surface area is 144 Å². The molecule has 1 heterocycles. The molecule has 2 aromatic carbocycles. The van der Waals surface area contributed by atoms with Crippen molar-refractivity contribution in [1.82, 2.24) is 0 Å². The molecule has 3 nitrogen and oxygen atoms in total. The Balaban J connectivity index is 2.02. The summed E-state index contributed by atoms with van der Waals surface area (Å²) in [7, 11) is 0. The van der Waals surface area contributed by atoms with E-state index in [1.807, 2.05) is 38.1 Å². The molecule has 1 aliphatic heterocycles. The van der Waals surface area contributed by atoms with Crippen LogP contribution in [-0.4, -0.2) is 12.0 Å². The van der Waals surface area contributed by atoms with Gasteiger partial charge in [0.2, 0.25) is 0 Å². The maximum atomic E-state index is 12.1. The molecule has 1 N–H and O–H groups in total. The van der Waals surface area contributed by atoms with E-state index in [0.717, 1.165) is 16.8 Å². The fourth-order valence-electron chi connectivity index (χ4n) is 2.46. The lowest BCUT2D eigenvalue weighted by molar-refractivity contribution is -0.110. The summed E-state index contributed by atoms with van der Waals surface area (Å²) in [5.74, 6) is 0.322. The van der Waals surface area contributed by atoms with Gasteiger partial charge >= 0.3 is 0 Å². The van der Waals surface area contributed by atoms with Crippen molar-refractivity contribution in [2.75, 3.05) is 5.32 Å². The summed E-state index contributed by atoms with van der Waals surface area (Å²) in [5.41, 5.74) is 3.01. The van der Waals surface area contributed by atoms with Crippen LogP contribution >= 0.6 is 23.2 Å². The quantitative estimate of drug-likeness (QED) is 0.767. The van der Waals surface area contributed by atoms with Crippen molar-refractivity contribution >= 4 is 46.4 Å². The highest BCUT2D eigenvalue weighted by atomic mass is 35.5. The number of hydrogen-bond donors (Lipinski definition) is 1. The number of benzene rings is 2. The number of anilines is 1. The second-order valence-electron chi connectivity index (χ2n) is 5.54. The molecule has 1 amide bonds. The Morgan fingerprint density at radius 1 is 1.13 bits per heavy atom. The second kappa shape index (κ2) is 6.26. The lowest BCUT2D eigenvalue weighted by atomic mass is 10.0. The van der Waals surface area contributed by atoms with Crippen LogP contribution in [0.25, 0.3) is 11.6 Å². The molecule has 0 aliphatic carbocycles. The van der Waals surface area contributed by atoms with E-state index in [9.17, 15) is 4.79 Å². The smallest absolute Gasteiger partial charge is 0.256 e. The summed E-state index contributed by atoms with van der Waals surface area (Å²) in [4.78, 5) is 12.1. The number of fused-ring (bicyclic) bond motifs is 1. The van der Waals surface area contributed by atoms with Crippen LogP contribution in [0.3, 0.4) is 0 Å². The Bertz CT molecular complexity index is 789. The van der Waals surface area contributed by atoms with E-state index in [1.54, 1.807) is 18.2 Å². The van der Waals surface area contributed by atoms with Gasteiger partial charge in [0, 0.05) is 16.8 Å². The van der Waals surface area contributed by atoms with Crippen LogP contribution in [0.4, 0.5) is 5.69 Å². The molecule has 0 unspecified atom stereocenters. The molecule has 0 atom stereocenters. The van der Waals surface area contributed by atoms with Gasteiger partial charge in [-0.15, -0.1) is 0 Å². The fraction of sp³-hybridized carbons (Fsp3) is 0.167. The standard InChI is InChI=1S/C18H15Cl2NO2/c1-10(2)23-17-14(19)8-11(9-15(17)20)7-13-12-5-3-4-6-16(12)21-18(13)22/h3-10H,1-2H3,(H,21,22). The van der Waals surface area contributed by atoms with Crippen molar-refractivity contribution in [2.45, 2.75) is 20.0 Å². The summed E-state index contributed by atoms with van der Waals surface area (Å²) in [6, 6.07) is 11.0. The minimum atomic E-state index is -0.138. The van der Waals surface area contributed by atoms with Crippen LogP contribution in [0.15, 0.2) is 36.4 Å². The summed E-state index contributed by atoms with van der Waals surface area (Å²) in [5, 5.41) is 3.68. The second-order valence-corrected chi connectivity index (χ2v) is 6.35. The van der Waals surface area contributed by atoms with Gasteiger partial charge in [-0.1, -0.05) is 41.4 Å². The van der Waals surface area contributed by atoms with E-state index in [-0.39, 0.29) is 12.0 Å². The minimum Gasteiger partial charge on any atom is -0.488 e. The summed E-state index contributed by atoms with van der Waals surface area (Å²) in [6.45, 7) is 3.81. The first-order chi connectivity index (χ1) is 11.0. The zero-order valence-corrected chi connectivity index (χ0v) is 14.2. The Kier molecular flexibility index (Phi) is 4.33. The molecule has 0 spiro atoms. The number of carbonyl (C=O) groups excluding carboxylic acids is 1. The van der Waals surface area contributed by atoms with Crippen molar-refractivity contribution in [3.63, 3.8) is 0 Å². The number of nitrogens with one attached hydrogen (secondary N) is 1. The topological polar surface area (TPSA) is 38.3 Å². The van der Waals surface area contributed by atoms with E-state index in [2.05, 4.69) is 5.32 Å². The third-order valence-electron chi connectivity index (χ3n) is 3.40. The van der Waals surface area contributed by atoms with Gasteiger partial charge in [0.15, 0.2) is 5.75 Å². The largest absolute Gasteiger partial charge is 0.488 e. The Morgan fingerprint density at radius 2 is 1.78 bits per heavy atom. The van der Waals surface area contributed by atoms with Crippen LogP contribution in [0.2, 0.25) is 10.0 Å². The third-order valence-corrected chi connectivity index (χ3v) is 3.96. The molecule has 5 heteroatoms. The highest BCUT2D eigenvalue weighted by Gasteiger charge is 2.23. The molecule has 0 aromatic heterocycles. The van der Waals surface area contributed by atoms with Crippen molar-refractivity contribution in [3.05, 3.63) is 57.6 Å². The molecule has 2 aromatic rings. The van der Waals surface area contributed by atoms with Crippen molar-refractivity contribution < 1.29 is 9.53 Å².